The number of carbonyl (C=O) groups is 2. The average molecular weight is 645 g/mol. The smallest absolute Gasteiger partial charge is 0.434 e. The number of nitrogens with zero attached hydrogens (tertiary/aromatic N) is 4. The zero-order valence-corrected chi connectivity index (χ0v) is 26.4. The highest BCUT2D eigenvalue weighted by Gasteiger charge is 2.71. The van der Waals surface area contributed by atoms with Crippen molar-refractivity contribution in [1.29, 1.82) is 0 Å². The summed E-state index contributed by atoms with van der Waals surface area (Å²) in [5.74, 6) is 0.246. The van der Waals surface area contributed by atoms with Crippen LogP contribution in [-0.2, 0) is 10.9 Å². The summed E-state index contributed by atoms with van der Waals surface area (Å²) < 4.78 is 52.9. The number of aromatic nitrogens is 3. The first kappa shape index (κ1) is 31.2. The molecule has 2 N–H and O–H groups in total. The maximum atomic E-state index is 13.6. The van der Waals surface area contributed by atoms with Crippen LogP contribution in [0.1, 0.15) is 69.4 Å². The Labute approximate surface area is 262 Å². The van der Waals surface area contributed by atoms with E-state index in [1.54, 1.807) is 33.8 Å². The van der Waals surface area contributed by atoms with Crippen molar-refractivity contribution in [3.8, 4) is 27.6 Å². The van der Waals surface area contributed by atoms with Crippen molar-refractivity contribution in [3.63, 3.8) is 0 Å². The SMILES string of the molecule is CCNC(=O)Nc1cc(-c2nc(C(F)(F)F)cs2)c(-c2cc(C(=O)OC(C)(C)C)cnc2O[C@@H]2C[C@@H]3CCC34[C@H](C2)N4C)cn1. The zero-order valence-electron chi connectivity index (χ0n) is 25.6. The second kappa shape index (κ2) is 11.2. The number of esters is 1. The van der Waals surface area contributed by atoms with E-state index in [4.69, 9.17) is 9.47 Å². The Kier molecular flexibility index (Phi) is 7.79. The molecule has 4 heterocycles. The number of pyridine rings is 2. The van der Waals surface area contributed by atoms with Gasteiger partial charge in [-0.15, -0.1) is 11.3 Å². The molecule has 2 amide bonds. The lowest BCUT2D eigenvalue weighted by atomic mass is 9.64. The van der Waals surface area contributed by atoms with Crippen molar-refractivity contribution in [2.45, 2.75) is 82.8 Å². The van der Waals surface area contributed by atoms with Crippen LogP contribution in [-0.4, -0.2) is 68.7 Å². The molecule has 3 aliphatic rings. The fourth-order valence-electron chi connectivity index (χ4n) is 6.67. The van der Waals surface area contributed by atoms with E-state index in [2.05, 4.69) is 37.5 Å². The molecular weight excluding hydrogens is 609 g/mol. The van der Waals surface area contributed by atoms with Gasteiger partial charge in [0.1, 0.15) is 22.5 Å². The molecule has 2 aliphatic carbocycles. The molecule has 2 saturated carbocycles. The van der Waals surface area contributed by atoms with Crippen LogP contribution in [0.4, 0.5) is 23.8 Å². The number of halogens is 3. The number of carbonyl (C=O) groups excluding carboxylic acids is 2. The van der Waals surface area contributed by atoms with Crippen LogP contribution in [0, 0.1) is 5.92 Å². The van der Waals surface area contributed by atoms with Gasteiger partial charge in [-0.2, -0.15) is 13.2 Å². The number of likely N-dealkylation sites (N-methyl/N-ethyl adjacent to an activating group) is 1. The fraction of sp³-hybridized carbons (Fsp3) is 0.516. The van der Waals surface area contributed by atoms with Crippen molar-refractivity contribution in [2.75, 3.05) is 18.9 Å². The molecule has 10 nitrogen and oxygen atoms in total. The second-order valence-corrected chi connectivity index (χ2v) is 13.6. The molecule has 0 bridgehead atoms. The normalized spacial score (nSPS) is 25.3. The summed E-state index contributed by atoms with van der Waals surface area (Å²) in [6, 6.07) is 2.93. The molecule has 1 saturated heterocycles. The summed E-state index contributed by atoms with van der Waals surface area (Å²) in [5.41, 5.74) is -0.431. The highest BCUT2D eigenvalue weighted by molar-refractivity contribution is 7.13. The lowest BCUT2D eigenvalue weighted by molar-refractivity contribution is -0.140. The molecular formula is C31H35F3N6O4S. The van der Waals surface area contributed by atoms with Gasteiger partial charge in [0.05, 0.1) is 5.56 Å². The molecule has 0 radical (unpaired) electrons. The van der Waals surface area contributed by atoms with Crippen molar-refractivity contribution in [1.82, 2.24) is 25.2 Å². The van der Waals surface area contributed by atoms with E-state index in [-0.39, 0.29) is 33.9 Å². The minimum atomic E-state index is -4.65. The lowest BCUT2D eigenvalue weighted by Crippen LogP contribution is -2.46. The third kappa shape index (κ3) is 5.97. The summed E-state index contributed by atoms with van der Waals surface area (Å²) in [7, 11) is 2.15. The molecule has 3 aromatic heterocycles. The third-order valence-electron chi connectivity index (χ3n) is 8.83. The minimum absolute atomic E-state index is 0.0452. The van der Waals surface area contributed by atoms with Crippen LogP contribution in [0.15, 0.2) is 29.9 Å². The first-order valence-corrected chi connectivity index (χ1v) is 15.8. The number of thiazole rings is 1. The van der Waals surface area contributed by atoms with Gasteiger partial charge in [-0.05, 0) is 72.1 Å². The quantitative estimate of drug-likeness (QED) is 0.225. The van der Waals surface area contributed by atoms with Gasteiger partial charge in [0, 0.05) is 59.0 Å². The number of rotatable bonds is 7. The van der Waals surface area contributed by atoms with E-state index in [0.717, 1.165) is 36.0 Å². The van der Waals surface area contributed by atoms with E-state index >= 15 is 0 Å². The van der Waals surface area contributed by atoms with Gasteiger partial charge in [0.15, 0.2) is 5.69 Å². The fourth-order valence-corrected chi connectivity index (χ4v) is 7.52. The molecule has 14 heteroatoms. The number of hydrogen-bond acceptors (Lipinski definition) is 9. The van der Waals surface area contributed by atoms with Crippen molar-refractivity contribution in [2.24, 2.45) is 5.92 Å². The van der Waals surface area contributed by atoms with Crippen LogP contribution in [0.2, 0.25) is 0 Å². The Hall–Kier alpha value is -3.78. The highest BCUT2D eigenvalue weighted by Crippen LogP contribution is 2.64. The third-order valence-corrected chi connectivity index (χ3v) is 9.70. The van der Waals surface area contributed by atoms with Crippen LogP contribution in [0.3, 0.4) is 0 Å². The number of amides is 2. The monoisotopic (exact) mass is 644 g/mol. The standard InChI is InChI=1S/C31H35F3N6O4S/c1-6-35-28(42)39-24-12-20(26-38-22(15-45-26)31(32,33)34)21(14-36-24)19-9-16(27(41)44-29(2,3)4)13-37-25(19)43-18-10-17-7-8-30(17)23(11-18)40(30)5/h9,12-15,17-18,23H,6-8,10-11H2,1-5H3,(H2,35,36,39,42)/t17-,18+,23-,30?,40?/m0/s1. The summed E-state index contributed by atoms with van der Waals surface area (Å²) >= 11 is 0.804. The Bertz CT molecular complexity index is 1630. The molecule has 240 valence electrons. The number of urea groups is 1. The molecule has 45 heavy (non-hydrogen) atoms. The molecule has 1 spiro atoms. The predicted molar refractivity (Wildman–Crippen MR) is 162 cm³/mol. The summed E-state index contributed by atoms with van der Waals surface area (Å²) in [5, 5.41) is 6.18. The Balaban J connectivity index is 1.43. The largest absolute Gasteiger partial charge is 0.474 e. The van der Waals surface area contributed by atoms with Crippen LogP contribution in [0.5, 0.6) is 5.88 Å². The topological polar surface area (TPSA) is 118 Å². The van der Waals surface area contributed by atoms with Gasteiger partial charge in [-0.3, -0.25) is 10.2 Å². The molecule has 0 aromatic carbocycles. The van der Waals surface area contributed by atoms with E-state index in [0.29, 0.717) is 35.2 Å². The predicted octanol–water partition coefficient (Wildman–Crippen LogP) is 6.39. The number of alkyl halides is 3. The Morgan fingerprint density at radius 1 is 1.11 bits per heavy atom. The molecule has 2 unspecified atom stereocenters. The first-order chi connectivity index (χ1) is 21.2. The second-order valence-electron chi connectivity index (χ2n) is 12.8. The van der Waals surface area contributed by atoms with Crippen LogP contribution >= 0.6 is 11.3 Å². The molecule has 5 atom stereocenters. The summed E-state index contributed by atoms with van der Waals surface area (Å²) in [4.78, 5) is 40.6. The van der Waals surface area contributed by atoms with Crippen molar-refractivity contribution in [3.05, 3.63) is 41.2 Å². The van der Waals surface area contributed by atoms with Gasteiger partial charge < -0.3 is 14.8 Å². The number of ether oxygens (including phenoxy) is 2. The average Bonchev–Trinajstić information content (AvgIpc) is 3.29. The Morgan fingerprint density at radius 2 is 1.89 bits per heavy atom. The lowest BCUT2D eigenvalue weighted by Gasteiger charge is -2.43. The zero-order chi connectivity index (χ0) is 32.3. The number of nitrogens with one attached hydrogen (secondary N) is 2. The van der Waals surface area contributed by atoms with Gasteiger partial charge in [-0.1, -0.05) is 0 Å². The molecule has 3 fully saturated rings. The van der Waals surface area contributed by atoms with E-state index in [1.807, 2.05) is 0 Å². The van der Waals surface area contributed by atoms with Gasteiger partial charge >= 0.3 is 18.2 Å². The molecule has 6 rings (SSSR count). The van der Waals surface area contributed by atoms with Crippen molar-refractivity contribution < 1.29 is 32.2 Å². The first-order valence-electron chi connectivity index (χ1n) is 14.9. The molecule has 1 aliphatic heterocycles. The van der Waals surface area contributed by atoms with Gasteiger partial charge in [0.25, 0.3) is 0 Å². The summed E-state index contributed by atoms with van der Waals surface area (Å²) in [6.07, 6.45) is 2.03. The van der Waals surface area contributed by atoms with E-state index < -0.39 is 29.5 Å². The van der Waals surface area contributed by atoms with Gasteiger partial charge in [-0.25, -0.2) is 24.5 Å². The van der Waals surface area contributed by atoms with Crippen molar-refractivity contribution >= 4 is 29.2 Å². The minimum Gasteiger partial charge on any atom is -0.474 e. The highest BCUT2D eigenvalue weighted by atomic mass is 32.1. The van der Waals surface area contributed by atoms with E-state index in [1.165, 1.54) is 24.9 Å². The van der Waals surface area contributed by atoms with Crippen LogP contribution < -0.4 is 15.4 Å². The number of anilines is 1. The summed E-state index contributed by atoms with van der Waals surface area (Å²) in [6.45, 7) is 7.36. The number of likely N-dealkylation sites (tertiary alicyclic amines) is 1. The van der Waals surface area contributed by atoms with Gasteiger partial charge in [0.2, 0.25) is 5.88 Å². The number of hydrogen-bond donors (Lipinski definition) is 2. The van der Waals surface area contributed by atoms with Crippen LogP contribution in [0.25, 0.3) is 21.7 Å². The molecule has 3 aromatic rings. The maximum Gasteiger partial charge on any atom is 0.434 e. The maximum absolute atomic E-state index is 13.6. The Morgan fingerprint density at radius 3 is 2.51 bits per heavy atom. The van der Waals surface area contributed by atoms with E-state index in [9.17, 15) is 22.8 Å².